The van der Waals surface area contributed by atoms with Crippen LogP contribution in [-0.4, -0.2) is 32.4 Å². The van der Waals surface area contributed by atoms with Gasteiger partial charge in [0.25, 0.3) is 5.91 Å². The molecule has 0 spiro atoms. The highest BCUT2D eigenvalue weighted by molar-refractivity contribution is 5.91. The van der Waals surface area contributed by atoms with E-state index in [0.29, 0.717) is 35.2 Å². The number of halogens is 2. The maximum Gasteiger partial charge on any atom is 0.267 e. The van der Waals surface area contributed by atoms with Gasteiger partial charge >= 0.3 is 0 Å². The number of primary amides is 1. The second kappa shape index (κ2) is 12.9. The summed E-state index contributed by atoms with van der Waals surface area (Å²) in [5.41, 5.74) is 7.30. The van der Waals surface area contributed by atoms with E-state index in [4.69, 9.17) is 15.6 Å². The van der Waals surface area contributed by atoms with Crippen LogP contribution in [0.5, 0.6) is 11.5 Å². The number of hydrogen-bond acceptors (Lipinski definition) is 6. The Balaban J connectivity index is 0.000000758. The Labute approximate surface area is 196 Å². The molecule has 0 aliphatic carbocycles. The number of aromatic nitrogens is 3. The molecule has 0 saturated carbocycles. The summed E-state index contributed by atoms with van der Waals surface area (Å²) < 4.78 is 31.6. The number of ether oxygens (including phenoxy) is 1. The number of aryl methyl sites for hydroxylation is 1. The number of imidazole rings is 1. The Morgan fingerprint density at radius 1 is 1.15 bits per heavy atom. The lowest BCUT2D eigenvalue weighted by Crippen LogP contribution is -2.12. The van der Waals surface area contributed by atoms with Gasteiger partial charge in [0.2, 0.25) is 5.95 Å². The summed E-state index contributed by atoms with van der Waals surface area (Å²) in [5, 5.41) is 9.95. The lowest BCUT2D eigenvalue weighted by molar-refractivity contribution is 0.0995. The first-order valence-electron chi connectivity index (χ1n) is 10.6. The van der Waals surface area contributed by atoms with Gasteiger partial charge in [0.05, 0.1) is 16.7 Å². The monoisotopic (exact) mass is 471 g/mol. The number of fused-ring (bicyclic) bond motifs is 1. The van der Waals surface area contributed by atoms with Gasteiger partial charge in [-0.05, 0) is 37.3 Å². The molecule has 2 heterocycles. The Bertz CT molecular complexity index is 1230. The number of nitrogens with two attached hydrogens (primary N) is 1. The molecule has 0 saturated heterocycles. The van der Waals surface area contributed by atoms with Crippen molar-refractivity contribution >= 4 is 28.6 Å². The van der Waals surface area contributed by atoms with E-state index in [2.05, 4.69) is 15.3 Å². The van der Waals surface area contributed by atoms with Crippen LogP contribution in [-0.2, 0) is 6.54 Å². The first-order valence-corrected chi connectivity index (χ1v) is 10.6. The quantitative estimate of drug-likeness (QED) is 0.358. The number of aliphatic hydroxyl groups is 1. The lowest BCUT2D eigenvalue weighted by Gasteiger charge is -2.09. The van der Waals surface area contributed by atoms with Crippen LogP contribution in [0.15, 0.2) is 60.8 Å². The van der Waals surface area contributed by atoms with E-state index < -0.39 is 12.8 Å². The number of benzene rings is 2. The number of nitrogens with zero attached hydrogens (tertiary/aromatic N) is 3. The van der Waals surface area contributed by atoms with Crippen LogP contribution in [0.25, 0.3) is 11.0 Å². The third-order valence-electron chi connectivity index (χ3n) is 4.38. The van der Waals surface area contributed by atoms with Gasteiger partial charge in [0, 0.05) is 24.9 Å². The predicted molar refractivity (Wildman–Crippen MR) is 127 cm³/mol. The van der Waals surface area contributed by atoms with Crippen molar-refractivity contribution in [1.29, 1.82) is 0 Å². The van der Waals surface area contributed by atoms with Crippen LogP contribution in [0.3, 0.4) is 0 Å². The van der Waals surface area contributed by atoms with Crippen LogP contribution in [0.2, 0.25) is 0 Å². The summed E-state index contributed by atoms with van der Waals surface area (Å²) in [6.07, 6.45) is 1.45. The van der Waals surface area contributed by atoms with E-state index in [9.17, 15) is 13.6 Å². The highest BCUT2D eigenvalue weighted by Crippen LogP contribution is 2.29. The van der Waals surface area contributed by atoms with Crippen molar-refractivity contribution in [3.8, 4) is 11.5 Å². The molecular weight excluding hydrogens is 444 g/mol. The molecular formula is C24H27F2N5O3. The van der Waals surface area contributed by atoms with E-state index in [0.717, 1.165) is 5.52 Å². The standard InChI is InChI=1S/C21H18FN5O2.C2H6.CH3FO/c1-2-27-19-8-7-13(29-14-9-10-24-18(12-14)20(23)28)11-17(19)26-21(27)25-16-6-4-3-5-15(16)22;1-2;2-1-3/h3-12H,2H2,1H3,(H2,23,28)(H,25,26);1-2H3;3H,1H2. The molecule has 0 fully saturated rings. The third kappa shape index (κ3) is 6.48. The third-order valence-corrected chi connectivity index (χ3v) is 4.38. The van der Waals surface area contributed by atoms with Gasteiger partial charge in [0.1, 0.15) is 23.0 Å². The van der Waals surface area contributed by atoms with Gasteiger partial charge < -0.3 is 25.5 Å². The van der Waals surface area contributed by atoms with Gasteiger partial charge in [-0.25, -0.2) is 13.8 Å². The van der Waals surface area contributed by atoms with Crippen molar-refractivity contribution in [2.75, 3.05) is 12.2 Å². The Morgan fingerprint density at radius 2 is 1.82 bits per heavy atom. The number of amides is 1. The minimum absolute atomic E-state index is 0.121. The van der Waals surface area contributed by atoms with Gasteiger partial charge in [0.15, 0.2) is 6.86 Å². The molecule has 4 rings (SSSR count). The normalized spacial score (nSPS) is 9.94. The summed E-state index contributed by atoms with van der Waals surface area (Å²) in [4.78, 5) is 19.8. The molecule has 4 N–H and O–H groups in total. The molecule has 0 radical (unpaired) electrons. The molecule has 8 nitrogen and oxygen atoms in total. The Morgan fingerprint density at radius 3 is 2.47 bits per heavy atom. The van der Waals surface area contributed by atoms with Gasteiger partial charge in [-0.15, -0.1) is 0 Å². The van der Waals surface area contributed by atoms with Crippen molar-refractivity contribution in [2.45, 2.75) is 27.3 Å². The maximum absolute atomic E-state index is 14.0. The lowest BCUT2D eigenvalue weighted by atomic mass is 10.3. The summed E-state index contributed by atoms with van der Waals surface area (Å²) in [7, 11) is 0. The van der Waals surface area contributed by atoms with Crippen molar-refractivity contribution in [3.63, 3.8) is 0 Å². The van der Waals surface area contributed by atoms with Crippen LogP contribution in [0.1, 0.15) is 31.3 Å². The van der Waals surface area contributed by atoms with Crippen LogP contribution in [0.4, 0.5) is 20.4 Å². The zero-order chi connectivity index (χ0) is 25.1. The van der Waals surface area contributed by atoms with E-state index in [-0.39, 0.29) is 11.5 Å². The molecule has 0 atom stereocenters. The van der Waals surface area contributed by atoms with E-state index >= 15 is 0 Å². The van der Waals surface area contributed by atoms with Gasteiger partial charge in [-0.1, -0.05) is 26.0 Å². The number of hydrogen-bond donors (Lipinski definition) is 3. The number of carbonyl (C=O) groups excluding carboxylic acids is 1. The highest BCUT2D eigenvalue weighted by atomic mass is 19.1. The molecule has 2 aromatic carbocycles. The highest BCUT2D eigenvalue weighted by Gasteiger charge is 2.13. The van der Waals surface area contributed by atoms with Crippen molar-refractivity contribution in [2.24, 2.45) is 5.73 Å². The minimum Gasteiger partial charge on any atom is -0.457 e. The molecule has 4 aromatic rings. The molecule has 0 unspecified atom stereocenters. The number of nitrogens with one attached hydrogen (secondary N) is 1. The number of para-hydroxylation sites is 1. The largest absolute Gasteiger partial charge is 0.457 e. The van der Waals surface area contributed by atoms with Crippen LogP contribution in [0, 0.1) is 5.82 Å². The predicted octanol–water partition coefficient (Wildman–Crippen LogP) is 5.16. The molecule has 0 bridgehead atoms. The van der Waals surface area contributed by atoms with Crippen molar-refractivity contribution in [1.82, 2.24) is 14.5 Å². The number of pyridine rings is 1. The molecule has 0 aliphatic heterocycles. The average molecular weight is 472 g/mol. The maximum atomic E-state index is 14.0. The zero-order valence-corrected chi connectivity index (χ0v) is 19.1. The van der Waals surface area contributed by atoms with E-state index in [1.807, 2.05) is 31.4 Å². The Kier molecular flexibility index (Phi) is 9.90. The summed E-state index contributed by atoms with van der Waals surface area (Å²) >= 11 is 0. The number of carbonyl (C=O) groups is 1. The molecule has 0 aliphatic rings. The Hall–Kier alpha value is -4.05. The number of alkyl halides is 1. The van der Waals surface area contributed by atoms with Crippen LogP contribution < -0.4 is 15.8 Å². The first-order chi connectivity index (χ1) is 16.5. The van der Waals surface area contributed by atoms with Crippen LogP contribution >= 0.6 is 0 Å². The number of aliphatic hydroxyl groups excluding tert-OH is 1. The molecule has 10 heteroatoms. The van der Waals surface area contributed by atoms with Crippen molar-refractivity contribution < 1.29 is 23.4 Å². The topological polar surface area (TPSA) is 115 Å². The fourth-order valence-corrected chi connectivity index (χ4v) is 3.02. The fourth-order valence-electron chi connectivity index (χ4n) is 3.02. The summed E-state index contributed by atoms with van der Waals surface area (Å²) in [6, 6.07) is 15.0. The zero-order valence-electron chi connectivity index (χ0n) is 19.1. The van der Waals surface area contributed by atoms with E-state index in [1.165, 1.54) is 18.3 Å². The second-order valence-electron chi connectivity index (χ2n) is 6.40. The first kappa shape index (κ1) is 26.2. The smallest absolute Gasteiger partial charge is 0.267 e. The number of anilines is 2. The SMILES string of the molecule is CC.CCn1c(Nc2ccccc2F)nc2cc(Oc3ccnc(C(N)=O)c3)ccc21.OCF. The average Bonchev–Trinajstić information content (AvgIpc) is 3.18. The summed E-state index contributed by atoms with van der Waals surface area (Å²) in [5.74, 6) is 0.528. The molecule has 1 amide bonds. The molecule has 180 valence electrons. The molecule has 34 heavy (non-hydrogen) atoms. The van der Waals surface area contributed by atoms with E-state index in [1.54, 1.807) is 36.4 Å². The van der Waals surface area contributed by atoms with Gasteiger partial charge in [-0.2, -0.15) is 0 Å². The summed E-state index contributed by atoms with van der Waals surface area (Å²) in [6.45, 7) is 5.39. The fraction of sp³-hybridized carbons (Fsp3) is 0.208. The number of rotatable bonds is 6. The van der Waals surface area contributed by atoms with Gasteiger partial charge in [-0.3, -0.25) is 9.78 Å². The second-order valence-corrected chi connectivity index (χ2v) is 6.40. The minimum atomic E-state index is -1.25. The molecule has 2 aromatic heterocycles. The van der Waals surface area contributed by atoms with Crippen molar-refractivity contribution in [3.05, 3.63) is 72.3 Å².